The van der Waals surface area contributed by atoms with Crippen LogP contribution in [0.25, 0.3) is 0 Å². The zero-order valence-electron chi connectivity index (χ0n) is 4.41. The van der Waals surface area contributed by atoms with Gasteiger partial charge in [-0.2, -0.15) is 0 Å². The lowest BCUT2D eigenvalue weighted by molar-refractivity contribution is -0.109. The lowest BCUT2D eigenvalue weighted by Gasteiger charge is -1.80. The Kier molecular flexibility index (Phi) is 4.97. The van der Waals surface area contributed by atoms with E-state index in [4.69, 9.17) is 11.6 Å². The molecule has 1 nitrogen and oxygen atoms in total. The van der Waals surface area contributed by atoms with E-state index in [-0.39, 0.29) is 20.5 Å². The summed E-state index contributed by atoms with van der Waals surface area (Å²) in [5, 5.41) is 1.68. The highest BCUT2D eigenvalue weighted by molar-refractivity contribution is 6.69. The molecule has 0 atom stereocenters. The van der Waals surface area contributed by atoms with Gasteiger partial charge in [-0.3, -0.25) is 4.79 Å². The molecule has 0 aromatic heterocycles. The van der Waals surface area contributed by atoms with Crippen LogP contribution in [0.2, 0.25) is 10.6 Å². The first-order valence-corrected chi connectivity index (χ1v) is 4.83. The topological polar surface area (TPSA) is 17.1 Å². The van der Waals surface area contributed by atoms with Crippen molar-refractivity contribution in [2.75, 3.05) is 0 Å². The Hall–Kier alpha value is 0.492. The SMILES string of the molecule is C[CH2][AlH][CH2]C(=O)Cl. The highest BCUT2D eigenvalue weighted by atomic mass is 35.5. The lowest BCUT2D eigenvalue weighted by Crippen LogP contribution is -1.91. The molecule has 0 aliphatic rings. The number of halogens is 1. The lowest BCUT2D eigenvalue weighted by atomic mass is 10.9. The van der Waals surface area contributed by atoms with Gasteiger partial charge in [0.05, 0.1) is 0 Å². The van der Waals surface area contributed by atoms with Crippen molar-refractivity contribution in [3.05, 3.63) is 0 Å². The fourth-order valence-electron chi connectivity index (χ4n) is 0.316. The third-order valence-electron chi connectivity index (χ3n) is 0.727. The molecule has 0 saturated heterocycles. The van der Waals surface area contributed by atoms with Gasteiger partial charge in [-0.1, -0.05) is 12.2 Å². The minimum absolute atomic E-state index is 0.107. The zero-order chi connectivity index (χ0) is 5.70. The maximum absolute atomic E-state index is 10.0. The van der Waals surface area contributed by atoms with Crippen LogP contribution in [0.15, 0.2) is 0 Å². The van der Waals surface area contributed by atoms with E-state index in [0.29, 0.717) is 5.28 Å². The molecule has 0 unspecified atom stereocenters. The summed E-state index contributed by atoms with van der Waals surface area (Å²) in [7, 11) is 0. The summed E-state index contributed by atoms with van der Waals surface area (Å²) in [6, 6.07) is 0. The van der Waals surface area contributed by atoms with Gasteiger partial charge in [0.2, 0.25) is 20.5 Å². The molecule has 0 heterocycles. The van der Waals surface area contributed by atoms with E-state index >= 15 is 0 Å². The van der Waals surface area contributed by atoms with Gasteiger partial charge >= 0.3 is 0 Å². The standard InChI is InChI=1S/C2H2ClO.C2H5.Al.H/c1-2(3)4;1-2;;/h1H2;1H2,2H3;;. The molecule has 0 N–H and O–H groups in total. The Morgan fingerprint density at radius 2 is 2.43 bits per heavy atom. The molecule has 0 fully saturated rings. The van der Waals surface area contributed by atoms with Crippen molar-refractivity contribution in [2.45, 2.75) is 17.5 Å². The van der Waals surface area contributed by atoms with E-state index in [2.05, 4.69) is 6.92 Å². The van der Waals surface area contributed by atoms with Gasteiger partial charge in [0.25, 0.3) is 0 Å². The smallest absolute Gasteiger partial charge is 0.249 e. The van der Waals surface area contributed by atoms with Crippen LogP contribution in [0.4, 0.5) is 0 Å². The number of hydrogen-bond donors (Lipinski definition) is 0. The fourth-order valence-corrected chi connectivity index (χ4v) is 1.35. The van der Waals surface area contributed by atoms with Crippen LogP contribution in [0.1, 0.15) is 6.92 Å². The highest BCUT2D eigenvalue weighted by Gasteiger charge is 1.94. The minimum atomic E-state index is -0.159. The predicted octanol–water partition coefficient (Wildman–Crippen LogP) is 1.04. The Labute approximate surface area is 54.8 Å². The van der Waals surface area contributed by atoms with Crippen LogP contribution in [-0.4, -0.2) is 20.5 Å². The van der Waals surface area contributed by atoms with E-state index in [1.807, 2.05) is 0 Å². The number of hydrogen-bond acceptors (Lipinski definition) is 1. The zero-order valence-corrected chi connectivity index (χ0v) is 6.58. The molecule has 7 heavy (non-hydrogen) atoms. The highest BCUT2D eigenvalue weighted by Crippen LogP contribution is 1.89. The maximum atomic E-state index is 10.0. The van der Waals surface area contributed by atoms with Gasteiger partial charge in [-0.05, 0) is 16.9 Å². The monoisotopic (exact) mass is 134 g/mol. The molecular weight excluding hydrogens is 126 g/mol. The van der Waals surface area contributed by atoms with Gasteiger partial charge in [0, 0.05) is 0 Å². The molecule has 0 aliphatic carbocycles. The van der Waals surface area contributed by atoms with E-state index in [9.17, 15) is 4.79 Å². The molecule has 0 spiro atoms. The summed E-state index contributed by atoms with van der Waals surface area (Å²) >= 11 is 4.95. The van der Waals surface area contributed by atoms with E-state index in [0.717, 1.165) is 0 Å². The van der Waals surface area contributed by atoms with Crippen molar-refractivity contribution in [3.8, 4) is 0 Å². The van der Waals surface area contributed by atoms with Crippen LogP contribution in [0.5, 0.6) is 0 Å². The largest absolute Gasteiger partial charge is 0.283 e. The molecule has 40 valence electrons. The molecule has 0 amide bonds. The van der Waals surface area contributed by atoms with Crippen LogP contribution in [0.3, 0.4) is 0 Å². The van der Waals surface area contributed by atoms with Crippen LogP contribution >= 0.6 is 11.6 Å². The molecule has 0 saturated carbocycles. The Morgan fingerprint density at radius 3 is 2.57 bits per heavy atom. The molecule has 0 aromatic carbocycles. The third-order valence-corrected chi connectivity index (χ3v) is 2.75. The van der Waals surface area contributed by atoms with Gasteiger partial charge in [-0.15, -0.1) is 0 Å². The second-order valence-corrected chi connectivity index (χ2v) is 4.09. The quantitative estimate of drug-likeness (QED) is 0.417. The minimum Gasteiger partial charge on any atom is -0.283 e. The molecule has 0 aliphatic heterocycles. The predicted molar refractivity (Wildman–Crippen MR) is 33.3 cm³/mol. The van der Waals surface area contributed by atoms with Crippen molar-refractivity contribution in [2.24, 2.45) is 0 Å². The first-order valence-electron chi connectivity index (χ1n) is 2.45. The molecule has 3 heteroatoms. The van der Waals surface area contributed by atoms with Crippen molar-refractivity contribution >= 4 is 32.1 Å². The van der Waals surface area contributed by atoms with E-state index in [1.165, 1.54) is 5.28 Å². The molecule has 0 bridgehead atoms. The second-order valence-electron chi connectivity index (χ2n) is 1.46. The van der Waals surface area contributed by atoms with Crippen molar-refractivity contribution in [1.82, 2.24) is 0 Å². The first-order chi connectivity index (χ1) is 3.27. The van der Waals surface area contributed by atoms with Gasteiger partial charge in [0.1, 0.15) is 0 Å². The summed E-state index contributed by atoms with van der Waals surface area (Å²) in [4.78, 5) is 10.0. The first kappa shape index (κ1) is 7.49. The average Bonchev–Trinajstić information content (AvgIpc) is 1.61. The summed E-state index contributed by atoms with van der Waals surface area (Å²) in [5.41, 5.74) is 0. The summed E-state index contributed by atoms with van der Waals surface area (Å²) in [6.07, 6.45) is 0. The van der Waals surface area contributed by atoms with Crippen molar-refractivity contribution in [1.29, 1.82) is 0 Å². The third kappa shape index (κ3) is 6.49. The van der Waals surface area contributed by atoms with E-state index < -0.39 is 0 Å². The Bertz CT molecular complexity index is 64.7. The molecule has 0 radical (unpaired) electrons. The summed E-state index contributed by atoms with van der Waals surface area (Å²) < 4.78 is 0. The maximum Gasteiger partial charge on any atom is 0.249 e. The summed E-state index contributed by atoms with van der Waals surface area (Å²) in [5.74, 6) is 0. The van der Waals surface area contributed by atoms with Crippen molar-refractivity contribution in [3.63, 3.8) is 0 Å². The summed E-state index contributed by atoms with van der Waals surface area (Å²) in [6.45, 7) is 2.09. The fraction of sp³-hybridized carbons (Fsp3) is 0.750. The van der Waals surface area contributed by atoms with Crippen LogP contribution < -0.4 is 0 Å². The molecule has 0 rings (SSSR count). The number of rotatable bonds is 3. The molecule has 0 aromatic rings. The van der Waals surface area contributed by atoms with Gasteiger partial charge in [0.15, 0.2) is 0 Å². The van der Waals surface area contributed by atoms with Crippen LogP contribution in [-0.2, 0) is 4.79 Å². The Balaban J connectivity index is 2.82. The van der Waals surface area contributed by atoms with Crippen molar-refractivity contribution < 1.29 is 4.79 Å². The molecular formula is C4H8AlClO. The van der Waals surface area contributed by atoms with Crippen LogP contribution in [0, 0.1) is 0 Å². The van der Waals surface area contributed by atoms with E-state index in [1.54, 1.807) is 0 Å². The number of carbonyl (C=O) groups excluding carboxylic acids is 1. The van der Waals surface area contributed by atoms with Gasteiger partial charge in [-0.25, -0.2) is 0 Å². The average molecular weight is 135 g/mol. The normalized spacial score (nSPS) is 8.29. The Morgan fingerprint density at radius 1 is 1.86 bits per heavy atom. The number of carbonyl (C=O) groups is 1. The van der Waals surface area contributed by atoms with Gasteiger partial charge < -0.3 is 0 Å². The second kappa shape index (κ2) is 4.65.